The molecule has 0 radical (unpaired) electrons. The maximum Gasteiger partial charge on any atom is 0.269 e. The van der Waals surface area contributed by atoms with Crippen LogP contribution in [0.4, 0.5) is 11.4 Å². The van der Waals surface area contributed by atoms with Crippen LogP contribution in [0.3, 0.4) is 0 Å². The summed E-state index contributed by atoms with van der Waals surface area (Å²) in [6, 6.07) is 12.8. The second-order valence-corrected chi connectivity index (χ2v) is 6.15. The van der Waals surface area contributed by atoms with E-state index in [1.54, 1.807) is 13.0 Å². The first-order chi connectivity index (χ1) is 11.9. The number of nitrogens with zero attached hydrogens (tertiary/aromatic N) is 2. The van der Waals surface area contributed by atoms with E-state index < -0.39 is 4.92 Å². The lowest BCUT2D eigenvalue weighted by atomic mass is 10.1. The van der Waals surface area contributed by atoms with Gasteiger partial charge in [-0.2, -0.15) is 0 Å². The Bertz CT molecular complexity index is 757. The van der Waals surface area contributed by atoms with Crippen molar-refractivity contribution < 1.29 is 9.72 Å². The highest BCUT2D eigenvalue weighted by atomic mass is 16.6. The summed E-state index contributed by atoms with van der Waals surface area (Å²) in [4.78, 5) is 24.4. The second kappa shape index (κ2) is 8.39. The number of likely N-dealkylation sites (N-methyl/N-ethyl adjacent to an activating group) is 1. The van der Waals surface area contributed by atoms with E-state index in [4.69, 9.17) is 0 Å². The monoisotopic (exact) mass is 341 g/mol. The van der Waals surface area contributed by atoms with Crippen LogP contribution in [0, 0.1) is 17.0 Å². The molecule has 0 spiro atoms. The molecule has 1 N–H and O–H groups in total. The van der Waals surface area contributed by atoms with Gasteiger partial charge >= 0.3 is 0 Å². The van der Waals surface area contributed by atoms with Crippen molar-refractivity contribution in [3.05, 3.63) is 69.3 Å². The lowest BCUT2D eigenvalue weighted by molar-refractivity contribution is -0.384. The molecule has 6 heteroatoms. The van der Waals surface area contributed by atoms with Gasteiger partial charge in [0.15, 0.2) is 0 Å². The molecule has 132 valence electrons. The quantitative estimate of drug-likeness (QED) is 0.617. The summed E-state index contributed by atoms with van der Waals surface area (Å²) in [5.74, 6) is -0.148. The van der Waals surface area contributed by atoms with Gasteiger partial charge in [-0.1, -0.05) is 31.2 Å². The zero-order valence-electron chi connectivity index (χ0n) is 14.8. The van der Waals surface area contributed by atoms with Crippen LogP contribution in [0.2, 0.25) is 0 Å². The molecule has 0 saturated carbocycles. The van der Waals surface area contributed by atoms with Gasteiger partial charge in [0.05, 0.1) is 11.5 Å². The number of benzene rings is 2. The first-order valence-electron chi connectivity index (χ1n) is 8.20. The molecular formula is C19H23N3O3. The Morgan fingerprint density at radius 3 is 2.36 bits per heavy atom. The van der Waals surface area contributed by atoms with Crippen LogP contribution in [0.1, 0.15) is 23.6 Å². The van der Waals surface area contributed by atoms with E-state index in [0.29, 0.717) is 17.8 Å². The fraction of sp³-hybridized carbons (Fsp3) is 0.316. The van der Waals surface area contributed by atoms with E-state index >= 15 is 0 Å². The number of non-ortho nitro benzene ring substituents is 1. The van der Waals surface area contributed by atoms with Gasteiger partial charge in [-0.3, -0.25) is 19.8 Å². The van der Waals surface area contributed by atoms with Crippen molar-refractivity contribution in [2.75, 3.05) is 18.9 Å². The Hall–Kier alpha value is -2.73. The first kappa shape index (κ1) is 18.6. The zero-order valence-corrected chi connectivity index (χ0v) is 14.8. The van der Waals surface area contributed by atoms with Crippen LogP contribution < -0.4 is 5.32 Å². The largest absolute Gasteiger partial charge is 0.325 e. The number of carbonyl (C=O) groups is 1. The molecule has 2 aromatic carbocycles. The van der Waals surface area contributed by atoms with Crippen molar-refractivity contribution >= 4 is 17.3 Å². The van der Waals surface area contributed by atoms with Gasteiger partial charge in [-0.15, -0.1) is 0 Å². The summed E-state index contributed by atoms with van der Waals surface area (Å²) < 4.78 is 0. The Morgan fingerprint density at radius 1 is 1.16 bits per heavy atom. The molecule has 2 rings (SSSR count). The number of nitrogens with one attached hydrogen (secondary N) is 1. The van der Waals surface area contributed by atoms with Gasteiger partial charge in [0.25, 0.3) is 5.69 Å². The number of anilines is 1. The summed E-state index contributed by atoms with van der Waals surface area (Å²) in [6.07, 6.45) is 1.01. The molecule has 25 heavy (non-hydrogen) atoms. The summed E-state index contributed by atoms with van der Waals surface area (Å²) in [7, 11) is 1.88. The minimum Gasteiger partial charge on any atom is -0.325 e. The molecule has 2 aromatic rings. The SMILES string of the molecule is CCc1ccc(CN(C)CC(=O)Nc2ccc([N+](=O)[O-])cc2C)cc1. The van der Waals surface area contributed by atoms with Crippen molar-refractivity contribution in [2.24, 2.45) is 0 Å². The third-order valence-electron chi connectivity index (χ3n) is 3.99. The van der Waals surface area contributed by atoms with Gasteiger partial charge in [0.2, 0.25) is 5.91 Å². The van der Waals surface area contributed by atoms with Gasteiger partial charge in [-0.05, 0) is 43.1 Å². The van der Waals surface area contributed by atoms with E-state index in [9.17, 15) is 14.9 Å². The Morgan fingerprint density at radius 2 is 1.80 bits per heavy atom. The number of rotatable bonds is 7. The highest BCUT2D eigenvalue weighted by Gasteiger charge is 2.12. The standard InChI is InChI=1S/C19H23N3O3/c1-4-15-5-7-16(8-6-15)12-21(3)13-19(23)20-18-10-9-17(22(24)25)11-14(18)2/h5-11H,4,12-13H2,1-3H3,(H,20,23). The minimum absolute atomic E-state index is 0.0168. The molecule has 0 aromatic heterocycles. The molecule has 1 amide bonds. The van der Waals surface area contributed by atoms with Crippen molar-refractivity contribution in [3.63, 3.8) is 0 Å². The van der Waals surface area contributed by atoms with Gasteiger partial charge in [-0.25, -0.2) is 0 Å². The Labute approximate surface area is 147 Å². The number of aryl methyl sites for hydroxylation is 2. The van der Waals surface area contributed by atoms with Crippen molar-refractivity contribution in [1.29, 1.82) is 0 Å². The molecule has 0 atom stereocenters. The predicted molar refractivity (Wildman–Crippen MR) is 98.6 cm³/mol. The first-order valence-corrected chi connectivity index (χ1v) is 8.20. The average Bonchev–Trinajstić information content (AvgIpc) is 2.57. The van der Waals surface area contributed by atoms with Crippen LogP contribution in [-0.4, -0.2) is 29.3 Å². The van der Waals surface area contributed by atoms with Crippen LogP contribution >= 0.6 is 0 Å². The maximum absolute atomic E-state index is 12.2. The number of carbonyl (C=O) groups excluding carboxylic acids is 1. The molecule has 0 heterocycles. The average molecular weight is 341 g/mol. The van der Waals surface area contributed by atoms with Gasteiger partial charge in [0, 0.05) is 24.4 Å². The van der Waals surface area contributed by atoms with E-state index in [1.165, 1.54) is 17.7 Å². The Balaban J connectivity index is 1.91. The molecular weight excluding hydrogens is 318 g/mol. The van der Waals surface area contributed by atoms with Crippen LogP contribution in [0.5, 0.6) is 0 Å². The molecule has 0 unspecified atom stereocenters. The zero-order chi connectivity index (χ0) is 18.4. The van der Waals surface area contributed by atoms with Gasteiger partial charge in [0.1, 0.15) is 0 Å². The van der Waals surface area contributed by atoms with Crippen molar-refractivity contribution in [3.8, 4) is 0 Å². The second-order valence-electron chi connectivity index (χ2n) is 6.15. The van der Waals surface area contributed by atoms with Crippen LogP contribution in [0.15, 0.2) is 42.5 Å². The fourth-order valence-corrected chi connectivity index (χ4v) is 2.58. The summed E-state index contributed by atoms with van der Waals surface area (Å²) in [6.45, 7) is 4.77. The number of hydrogen-bond acceptors (Lipinski definition) is 4. The smallest absolute Gasteiger partial charge is 0.269 e. The van der Waals surface area contributed by atoms with Gasteiger partial charge < -0.3 is 5.32 Å². The highest BCUT2D eigenvalue weighted by Crippen LogP contribution is 2.21. The molecule has 6 nitrogen and oxygen atoms in total. The topological polar surface area (TPSA) is 75.5 Å². The highest BCUT2D eigenvalue weighted by molar-refractivity contribution is 5.93. The van der Waals surface area contributed by atoms with E-state index in [0.717, 1.165) is 12.0 Å². The van der Waals surface area contributed by atoms with Crippen LogP contribution in [-0.2, 0) is 17.8 Å². The molecule has 0 aliphatic carbocycles. The number of nitro groups is 1. The molecule has 0 bridgehead atoms. The molecule has 0 aliphatic heterocycles. The number of nitro benzene ring substituents is 1. The lowest BCUT2D eigenvalue weighted by Gasteiger charge is -2.17. The lowest BCUT2D eigenvalue weighted by Crippen LogP contribution is -2.30. The molecule has 0 aliphatic rings. The van der Waals surface area contributed by atoms with Crippen molar-refractivity contribution in [1.82, 2.24) is 4.90 Å². The molecule has 0 saturated heterocycles. The van der Waals surface area contributed by atoms with Crippen LogP contribution in [0.25, 0.3) is 0 Å². The van der Waals surface area contributed by atoms with E-state index in [2.05, 4.69) is 36.5 Å². The summed E-state index contributed by atoms with van der Waals surface area (Å²) >= 11 is 0. The normalized spacial score (nSPS) is 10.7. The third-order valence-corrected chi connectivity index (χ3v) is 3.99. The summed E-state index contributed by atoms with van der Waals surface area (Å²) in [5, 5.41) is 13.6. The maximum atomic E-state index is 12.2. The fourth-order valence-electron chi connectivity index (χ4n) is 2.58. The number of amides is 1. The van der Waals surface area contributed by atoms with E-state index in [1.807, 2.05) is 11.9 Å². The van der Waals surface area contributed by atoms with Crippen molar-refractivity contribution in [2.45, 2.75) is 26.8 Å². The van der Waals surface area contributed by atoms with E-state index in [-0.39, 0.29) is 18.1 Å². The third kappa shape index (κ3) is 5.39. The molecule has 0 fully saturated rings. The Kier molecular flexibility index (Phi) is 6.25. The minimum atomic E-state index is -0.448. The number of hydrogen-bond donors (Lipinski definition) is 1. The predicted octanol–water partition coefficient (Wildman–Crippen LogP) is 3.54. The summed E-state index contributed by atoms with van der Waals surface area (Å²) in [5.41, 5.74) is 3.72.